The molecular formula is C23H22N2O5S2. The van der Waals surface area contributed by atoms with E-state index in [1.54, 1.807) is 30.3 Å². The van der Waals surface area contributed by atoms with E-state index in [0.29, 0.717) is 10.7 Å². The topological polar surface area (TPSA) is 95.9 Å². The predicted molar refractivity (Wildman–Crippen MR) is 129 cm³/mol. The number of carboxylic acid groups (broad SMARTS) is 1. The third-order valence-electron chi connectivity index (χ3n) is 4.57. The van der Waals surface area contributed by atoms with Crippen molar-refractivity contribution in [1.29, 1.82) is 0 Å². The summed E-state index contributed by atoms with van der Waals surface area (Å²) in [5.41, 5.74) is 2.55. The van der Waals surface area contributed by atoms with Crippen molar-refractivity contribution in [2.24, 2.45) is 0 Å². The van der Waals surface area contributed by atoms with Crippen LogP contribution in [-0.4, -0.2) is 45.3 Å². The minimum atomic E-state index is -1.12. The summed E-state index contributed by atoms with van der Waals surface area (Å²) >= 11 is 6.15. The number of hydrogen-bond donors (Lipinski definition) is 2. The second-order valence-electron chi connectivity index (χ2n) is 7.31. The number of amides is 2. The van der Waals surface area contributed by atoms with Gasteiger partial charge in [0.2, 0.25) is 0 Å². The number of carbonyl (C=O) groups excluding carboxylic acids is 2. The van der Waals surface area contributed by atoms with Crippen LogP contribution in [0.2, 0.25) is 0 Å². The molecular weight excluding hydrogens is 448 g/mol. The monoisotopic (exact) mass is 470 g/mol. The summed E-state index contributed by atoms with van der Waals surface area (Å²) in [6, 6.07) is 14.5. The van der Waals surface area contributed by atoms with Crippen molar-refractivity contribution in [1.82, 2.24) is 4.90 Å². The van der Waals surface area contributed by atoms with E-state index in [4.69, 9.17) is 22.1 Å². The Hall–Kier alpha value is -3.17. The standard InChI is InChI=1S/C23H22N2O5S2/c1-14(2)17-5-3-4-6-18(17)24-20(26)13-30-16-9-7-15(8-10-16)11-19-22(29)25(12-21(27)28)23(31)32-19/h3-11,14H,12-13H2,1-2H3,(H,24,26)(H,27,28)/b19-11-. The van der Waals surface area contributed by atoms with Gasteiger partial charge in [-0.1, -0.05) is 68.2 Å². The molecule has 7 nitrogen and oxygen atoms in total. The Balaban J connectivity index is 1.58. The molecule has 0 radical (unpaired) electrons. The second-order valence-corrected chi connectivity index (χ2v) is 8.99. The lowest BCUT2D eigenvalue weighted by Crippen LogP contribution is -2.33. The van der Waals surface area contributed by atoms with E-state index in [1.165, 1.54) is 0 Å². The van der Waals surface area contributed by atoms with Gasteiger partial charge in [-0.15, -0.1) is 0 Å². The average Bonchev–Trinajstić information content (AvgIpc) is 3.00. The summed E-state index contributed by atoms with van der Waals surface area (Å²) in [5, 5.41) is 11.8. The molecule has 1 saturated heterocycles. The van der Waals surface area contributed by atoms with Gasteiger partial charge in [0.05, 0.1) is 4.91 Å². The van der Waals surface area contributed by atoms with E-state index in [2.05, 4.69) is 19.2 Å². The average molecular weight is 471 g/mol. The first kappa shape index (κ1) is 23.5. The van der Waals surface area contributed by atoms with E-state index < -0.39 is 18.4 Å². The molecule has 0 saturated carbocycles. The fourth-order valence-electron chi connectivity index (χ4n) is 3.03. The van der Waals surface area contributed by atoms with Gasteiger partial charge in [-0.3, -0.25) is 19.3 Å². The van der Waals surface area contributed by atoms with E-state index in [1.807, 2.05) is 24.3 Å². The second kappa shape index (κ2) is 10.4. The third-order valence-corrected chi connectivity index (χ3v) is 5.95. The molecule has 0 aliphatic carbocycles. The number of ether oxygens (including phenoxy) is 1. The van der Waals surface area contributed by atoms with Gasteiger partial charge in [0.15, 0.2) is 6.61 Å². The number of nitrogens with one attached hydrogen (secondary N) is 1. The van der Waals surface area contributed by atoms with Crippen molar-refractivity contribution in [3.05, 3.63) is 64.6 Å². The van der Waals surface area contributed by atoms with E-state index in [9.17, 15) is 14.4 Å². The number of thiocarbonyl (C=S) groups is 1. The molecule has 2 aromatic rings. The molecule has 0 atom stereocenters. The molecule has 1 fully saturated rings. The zero-order valence-electron chi connectivity index (χ0n) is 17.5. The normalized spacial score (nSPS) is 14.8. The summed E-state index contributed by atoms with van der Waals surface area (Å²) in [7, 11) is 0. The first-order chi connectivity index (χ1) is 15.2. The van der Waals surface area contributed by atoms with Crippen molar-refractivity contribution in [3.8, 4) is 5.75 Å². The number of anilines is 1. The van der Waals surface area contributed by atoms with Crippen molar-refractivity contribution < 1.29 is 24.2 Å². The van der Waals surface area contributed by atoms with Crippen LogP contribution in [0.15, 0.2) is 53.4 Å². The summed E-state index contributed by atoms with van der Waals surface area (Å²) in [6.45, 7) is 3.53. The minimum absolute atomic E-state index is 0.139. The molecule has 0 aromatic heterocycles. The lowest BCUT2D eigenvalue weighted by molar-refractivity contribution is -0.140. The summed E-state index contributed by atoms with van der Waals surface area (Å²) in [5.74, 6) is -1.02. The molecule has 2 aromatic carbocycles. The number of carboxylic acids is 1. The molecule has 0 spiro atoms. The lowest BCUT2D eigenvalue weighted by atomic mass is 10.0. The first-order valence-corrected chi connectivity index (χ1v) is 11.1. The van der Waals surface area contributed by atoms with E-state index in [0.717, 1.165) is 33.5 Å². The van der Waals surface area contributed by atoms with Gasteiger partial charge in [-0.25, -0.2) is 0 Å². The molecule has 0 unspecified atom stereocenters. The Morgan fingerprint density at radius 1 is 1.19 bits per heavy atom. The maximum atomic E-state index is 12.3. The van der Waals surface area contributed by atoms with Crippen LogP contribution in [0.1, 0.15) is 30.9 Å². The zero-order chi connectivity index (χ0) is 23.3. The van der Waals surface area contributed by atoms with Crippen LogP contribution in [-0.2, 0) is 14.4 Å². The molecule has 2 N–H and O–H groups in total. The zero-order valence-corrected chi connectivity index (χ0v) is 19.2. The van der Waals surface area contributed by atoms with Crippen LogP contribution in [0.25, 0.3) is 6.08 Å². The van der Waals surface area contributed by atoms with Crippen molar-refractivity contribution in [2.75, 3.05) is 18.5 Å². The highest BCUT2D eigenvalue weighted by atomic mass is 32.2. The number of carbonyl (C=O) groups is 3. The Morgan fingerprint density at radius 2 is 1.88 bits per heavy atom. The Bertz CT molecular complexity index is 1080. The van der Waals surface area contributed by atoms with E-state index in [-0.39, 0.29) is 22.8 Å². The smallest absolute Gasteiger partial charge is 0.323 e. The molecule has 166 valence electrons. The molecule has 1 aliphatic rings. The highest BCUT2D eigenvalue weighted by molar-refractivity contribution is 8.26. The summed E-state index contributed by atoms with van der Waals surface area (Å²) in [4.78, 5) is 36.9. The molecule has 0 bridgehead atoms. The van der Waals surface area contributed by atoms with Gasteiger partial charge >= 0.3 is 5.97 Å². The van der Waals surface area contributed by atoms with Gasteiger partial charge in [0.1, 0.15) is 16.6 Å². The maximum absolute atomic E-state index is 12.3. The number of hydrogen-bond acceptors (Lipinski definition) is 6. The van der Waals surface area contributed by atoms with Gasteiger partial charge < -0.3 is 15.2 Å². The van der Waals surface area contributed by atoms with Gasteiger partial charge in [0.25, 0.3) is 11.8 Å². The first-order valence-electron chi connectivity index (χ1n) is 9.83. The fraction of sp³-hybridized carbons (Fsp3) is 0.217. The summed E-state index contributed by atoms with van der Waals surface area (Å²) < 4.78 is 5.78. The minimum Gasteiger partial charge on any atom is -0.484 e. The molecule has 32 heavy (non-hydrogen) atoms. The van der Waals surface area contributed by atoms with Crippen molar-refractivity contribution in [2.45, 2.75) is 19.8 Å². The van der Waals surface area contributed by atoms with E-state index >= 15 is 0 Å². The molecule has 1 aliphatic heterocycles. The van der Waals surface area contributed by atoms with Crippen molar-refractivity contribution >= 4 is 57.8 Å². The molecule has 9 heteroatoms. The Kier molecular flexibility index (Phi) is 7.66. The van der Waals surface area contributed by atoms with Crippen LogP contribution >= 0.6 is 24.0 Å². The van der Waals surface area contributed by atoms with Crippen LogP contribution < -0.4 is 10.1 Å². The molecule has 1 heterocycles. The summed E-state index contributed by atoms with van der Waals surface area (Å²) in [6.07, 6.45) is 1.64. The Labute approximate surface area is 195 Å². The predicted octanol–water partition coefficient (Wildman–Crippen LogP) is 4.11. The quantitative estimate of drug-likeness (QED) is 0.443. The van der Waals surface area contributed by atoms with Gasteiger partial charge in [-0.05, 0) is 41.3 Å². The number of para-hydroxylation sites is 1. The van der Waals surface area contributed by atoms with Gasteiger partial charge in [-0.2, -0.15) is 0 Å². The maximum Gasteiger partial charge on any atom is 0.323 e. The SMILES string of the molecule is CC(C)c1ccccc1NC(=O)COc1ccc(/C=C2\SC(=S)N(CC(=O)O)C2=O)cc1. The van der Waals surface area contributed by atoms with Crippen molar-refractivity contribution in [3.63, 3.8) is 0 Å². The Morgan fingerprint density at radius 3 is 2.53 bits per heavy atom. The fourth-order valence-corrected chi connectivity index (χ4v) is 4.29. The molecule has 3 rings (SSSR count). The van der Waals surface area contributed by atoms with Gasteiger partial charge in [0, 0.05) is 5.69 Å². The largest absolute Gasteiger partial charge is 0.484 e. The van der Waals surface area contributed by atoms with Crippen LogP contribution in [0.4, 0.5) is 5.69 Å². The third kappa shape index (κ3) is 5.95. The number of nitrogens with zero attached hydrogens (tertiary/aromatic N) is 1. The number of thioether (sulfide) groups is 1. The van der Waals surface area contributed by atoms with Crippen LogP contribution in [0, 0.1) is 0 Å². The lowest BCUT2D eigenvalue weighted by Gasteiger charge is -2.14. The van der Waals surface area contributed by atoms with Crippen LogP contribution in [0.3, 0.4) is 0 Å². The van der Waals surface area contributed by atoms with Crippen LogP contribution in [0.5, 0.6) is 5.75 Å². The highest BCUT2D eigenvalue weighted by Gasteiger charge is 2.33. The number of benzene rings is 2. The number of rotatable bonds is 8. The number of aliphatic carboxylic acids is 1. The highest BCUT2D eigenvalue weighted by Crippen LogP contribution is 2.32. The molecule has 2 amide bonds.